The molecule has 0 aliphatic heterocycles. The molecule has 0 saturated heterocycles. The Kier molecular flexibility index (Phi) is 9.01. The summed E-state index contributed by atoms with van der Waals surface area (Å²) in [6.45, 7) is 18.3. The van der Waals surface area contributed by atoms with E-state index in [1.54, 1.807) is 0 Å². The number of hydrogen-bond acceptors (Lipinski definition) is 0. The Bertz CT molecular complexity index is 892. The first kappa shape index (κ1) is 25.7. The first-order chi connectivity index (χ1) is 14.2. The molecule has 3 rings (SSSR count). The summed E-state index contributed by atoms with van der Waals surface area (Å²) in [6, 6.07) is 24.1. The molecule has 0 nitrogen and oxygen atoms in total. The van der Waals surface area contributed by atoms with Crippen LogP contribution in [0.3, 0.4) is 0 Å². The molecule has 0 aliphatic rings. The van der Waals surface area contributed by atoms with Crippen LogP contribution in [0.25, 0.3) is 22.3 Å². The van der Waals surface area contributed by atoms with Crippen LogP contribution in [0.15, 0.2) is 54.6 Å². The van der Waals surface area contributed by atoms with E-state index in [0.29, 0.717) is 23.7 Å². The number of hydrogen-bond donors (Lipinski definition) is 0. The van der Waals surface area contributed by atoms with Gasteiger partial charge in [0, 0.05) is 28.2 Å². The van der Waals surface area contributed by atoms with Gasteiger partial charge in [0.25, 0.3) is 0 Å². The van der Waals surface area contributed by atoms with Crippen molar-refractivity contribution in [1.82, 2.24) is 0 Å². The summed E-state index contributed by atoms with van der Waals surface area (Å²) in [7, 11) is 0. The Morgan fingerprint density at radius 2 is 0.742 bits per heavy atom. The quantitative estimate of drug-likeness (QED) is 0.283. The van der Waals surface area contributed by atoms with Crippen LogP contribution in [-0.4, -0.2) is 23.9 Å². The first-order valence-corrected chi connectivity index (χ1v) is 11.5. The minimum absolute atomic E-state index is 0. The molecule has 5 radical (unpaired) electrons. The van der Waals surface area contributed by atoms with Gasteiger partial charge in [-0.05, 0) is 74.2 Å². The number of benzene rings is 3. The largest absolute Gasteiger partial charge is 0.0617 e. The number of rotatable bonds is 6. The summed E-state index contributed by atoms with van der Waals surface area (Å²) >= 11 is 0. The van der Waals surface area contributed by atoms with Crippen molar-refractivity contribution in [2.75, 3.05) is 0 Å². The fourth-order valence-corrected chi connectivity index (χ4v) is 4.48. The molecule has 0 aliphatic carbocycles. The maximum Gasteiger partial charge on any atom is 0 e. The zero-order valence-electron chi connectivity index (χ0n) is 20.5. The van der Waals surface area contributed by atoms with Gasteiger partial charge in [0.05, 0.1) is 0 Å². The molecule has 3 aromatic rings. The molecule has 0 spiro atoms. The molecule has 0 heterocycles. The van der Waals surface area contributed by atoms with Crippen LogP contribution in [0.5, 0.6) is 0 Å². The molecule has 0 atom stereocenters. The van der Waals surface area contributed by atoms with E-state index in [0.717, 1.165) is 0 Å². The van der Waals surface area contributed by atoms with E-state index in [1.165, 1.54) is 44.5 Å². The SMILES string of the molecule is CC(C)c1cccc(C(C)C)c1-c1[c]c(-c2c(C(C)C)cccc2C(C)C)ccc1.[HH].[HH].[HH].[Sn]. The average molecular weight is 522 g/mol. The van der Waals surface area contributed by atoms with Crippen LogP contribution in [-0.2, 0) is 0 Å². The van der Waals surface area contributed by atoms with E-state index in [2.05, 4.69) is 116 Å². The molecule has 31 heavy (non-hydrogen) atoms. The summed E-state index contributed by atoms with van der Waals surface area (Å²) in [4.78, 5) is 0. The predicted octanol–water partition coefficient (Wildman–Crippen LogP) is 9.67. The van der Waals surface area contributed by atoms with Crippen molar-refractivity contribution in [3.05, 3.63) is 82.9 Å². The normalized spacial score (nSPS) is 11.5. The third-order valence-electron chi connectivity index (χ3n) is 6.08. The topological polar surface area (TPSA) is 0 Å². The third kappa shape index (κ3) is 5.45. The molecular weight excluding hydrogens is 479 g/mol. The molecule has 167 valence electrons. The summed E-state index contributed by atoms with van der Waals surface area (Å²) in [5.74, 6) is 1.91. The van der Waals surface area contributed by atoms with Gasteiger partial charge in [-0.2, -0.15) is 0 Å². The first-order valence-electron chi connectivity index (χ1n) is 11.5. The Morgan fingerprint density at radius 1 is 0.484 bits per heavy atom. The maximum absolute atomic E-state index is 3.86. The maximum atomic E-state index is 3.86. The van der Waals surface area contributed by atoms with Crippen molar-refractivity contribution in [1.29, 1.82) is 0 Å². The van der Waals surface area contributed by atoms with Gasteiger partial charge in [-0.1, -0.05) is 110 Å². The summed E-state index contributed by atoms with van der Waals surface area (Å²) in [6.07, 6.45) is 0. The fourth-order valence-electron chi connectivity index (χ4n) is 4.48. The van der Waals surface area contributed by atoms with Crippen molar-refractivity contribution >= 4 is 23.9 Å². The summed E-state index contributed by atoms with van der Waals surface area (Å²) in [5.41, 5.74) is 10.8. The molecule has 0 bridgehead atoms. The summed E-state index contributed by atoms with van der Waals surface area (Å²) in [5, 5.41) is 0. The molecule has 0 amide bonds. The van der Waals surface area contributed by atoms with E-state index in [9.17, 15) is 0 Å². The zero-order valence-corrected chi connectivity index (χ0v) is 23.4. The van der Waals surface area contributed by atoms with E-state index in [4.69, 9.17) is 0 Å². The molecule has 1 heteroatoms. The van der Waals surface area contributed by atoms with Crippen molar-refractivity contribution in [3.63, 3.8) is 0 Å². The van der Waals surface area contributed by atoms with Crippen molar-refractivity contribution in [2.24, 2.45) is 0 Å². The van der Waals surface area contributed by atoms with Gasteiger partial charge < -0.3 is 0 Å². The van der Waals surface area contributed by atoms with Crippen molar-refractivity contribution in [2.45, 2.75) is 79.1 Å². The van der Waals surface area contributed by atoms with Gasteiger partial charge >= 0.3 is 0 Å². The van der Waals surface area contributed by atoms with Crippen LogP contribution >= 0.6 is 0 Å². The standard InChI is InChI=1S/C30H37.Sn.3H2/c1-19(2)25-14-10-15-26(20(3)4)29(25)23-12-9-13-24(18-23)30-27(21(5)6)16-11-17-28(30)22(7)8;;;;/h9-17,19-22H,1-8H3;;3*1H. The van der Waals surface area contributed by atoms with Gasteiger partial charge in [-0.3, -0.25) is 0 Å². The van der Waals surface area contributed by atoms with Crippen LogP contribution < -0.4 is 0 Å². The van der Waals surface area contributed by atoms with Crippen LogP contribution in [0, 0.1) is 6.07 Å². The van der Waals surface area contributed by atoms with Gasteiger partial charge in [-0.15, -0.1) is 0 Å². The van der Waals surface area contributed by atoms with Crippen LogP contribution in [0.2, 0.25) is 0 Å². The van der Waals surface area contributed by atoms with E-state index >= 15 is 0 Å². The molecule has 3 aromatic carbocycles. The van der Waals surface area contributed by atoms with Crippen molar-refractivity contribution in [3.8, 4) is 22.3 Å². The molecule has 0 N–H and O–H groups in total. The van der Waals surface area contributed by atoms with E-state index in [1.807, 2.05) is 0 Å². The second kappa shape index (κ2) is 10.9. The minimum Gasteiger partial charge on any atom is -0.0617 e. The monoisotopic (exact) mass is 523 g/mol. The van der Waals surface area contributed by atoms with Gasteiger partial charge in [0.1, 0.15) is 0 Å². The minimum atomic E-state index is 0. The Morgan fingerprint density at radius 3 is 1.00 bits per heavy atom. The van der Waals surface area contributed by atoms with Crippen molar-refractivity contribution < 1.29 is 4.28 Å². The smallest absolute Gasteiger partial charge is 0 e. The second-order valence-corrected chi connectivity index (χ2v) is 9.72. The molecule has 0 unspecified atom stereocenters. The third-order valence-corrected chi connectivity index (χ3v) is 6.08. The Hall–Kier alpha value is -1.54. The molecule has 0 aromatic heterocycles. The Labute approximate surface area is 211 Å². The predicted molar refractivity (Wildman–Crippen MR) is 145 cm³/mol. The fraction of sp³-hybridized carbons (Fsp3) is 0.400. The van der Waals surface area contributed by atoms with Gasteiger partial charge in [0.2, 0.25) is 0 Å². The molecule has 0 saturated carbocycles. The van der Waals surface area contributed by atoms with Crippen LogP contribution in [0.4, 0.5) is 0 Å². The summed E-state index contributed by atoms with van der Waals surface area (Å²) < 4.78 is 0. The molecule has 0 fully saturated rings. The van der Waals surface area contributed by atoms with Gasteiger partial charge in [-0.25, -0.2) is 0 Å². The molecular formula is C30H43Sn. The average Bonchev–Trinajstić information content (AvgIpc) is 2.72. The second-order valence-electron chi connectivity index (χ2n) is 9.72. The van der Waals surface area contributed by atoms with Crippen LogP contribution in [0.1, 0.15) is 106 Å². The van der Waals surface area contributed by atoms with E-state index < -0.39 is 0 Å². The zero-order chi connectivity index (χ0) is 22.0. The Balaban J connectivity index is 0. The van der Waals surface area contributed by atoms with E-state index in [-0.39, 0.29) is 28.2 Å². The van der Waals surface area contributed by atoms with Gasteiger partial charge in [0.15, 0.2) is 0 Å².